The van der Waals surface area contributed by atoms with Crippen molar-refractivity contribution in [3.05, 3.63) is 65.2 Å². The van der Waals surface area contributed by atoms with Gasteiger partial charge >= 0.3 is 0 Å². The highest BCUT2D eigenvalue weighted by Gasteiger charge is 2.13. The fourth-order valence-electron chi connectivity index (χ4n) is 2.52. The minimum atomic E-state index is 0.0563. The summed E-state index contributed by atoms with van der Waals surface area (Å²) in [5.41, 5.74) is 4.02. The van der Waals surface area contributed by atoms with Crippen LogP contribution in [0.4, 0.5) is 0 Å². The SMILES string of the molecule is CC[C@H](C)c1ccc(C(=O)CSc2nnc(-c3ccc(C)cc3)o2)cc1. The lowest BCUT2D eigenvalue weighted by Crippen LogP contribution is -2.03. The molecule has 0 aliphatic rings. The van der Waals surface area contributed by atoms with Gasteiger partial charge in [-0.2, -0.15) is 0 Å². The maximum absolute atomic E-state index is 12.4. The molecule has 0 radical (unpaired) electrons. The second kappa shape index (κ2) is 8.32. The highest BCUT2D eigenvalue weighted by molar-refractivity contribution is 7.99. The number of carbonyl (C=O) groups is 1. The number of ketones is 1. The van der Waals surface area contributed by atoms with Crippen molar-refractivity contribution in [1.82, 2.24) is 10.2 Å². The number of aryl methyl sites for hydroxylation is 1. The molecule has 3 rings (SSSR count). The van der Waals surface area contributed by atoms with Gasteiger partial charge in [-0.3, -0.25) is 4.79 Å². The number of hydrogen-bond acceptors (Lipinski definition) is 5. The van der Waals surface area contributed by atoms with Crippen molar-refractivity contribution in [2.75, 3.05) is 5.75 Å². The molecule has 0 unspecified atom stereocenters. The van der Waals surface area contributed by atoms with Crippen LogP contribution in [0.15, 0.2) is 58.2 Å². The summed E-state index contributed by atoms with van der Waals surface area (Å²) >= 11 is 1.27. The third kappa shape index (κ3) is 4.41. The average molecular weight is 366 g/mol. The van der Waals surface area contributed by atoms with Gasteiger partial charge in [-0.05, 0) is 37.0 Å². The number of benzene rings is 2. The van der Waals surface area contributed by atoms with Crippen LogP contribution in [-0.2, 0) is 0 Å². The summed E-state index contributed by atoms with van der Waals surface area (Å²) in [7, 11) is 0. The largest absolute Gasteiger partial charge is 0.411 e. The van der Waals surface area contributed by atoms with E-state index in [2.05, 4.69) is 24.0 Å². The molecule has 134 valence electrons. The molecule has 0 amide bonds. The number of rotatable bonds is 7. The molecule has 3 aromatic rings. The molecule has 0 spiro atoms. The summed E-state index contributed by atoms with van der Waals surface area (Å²) in [5.74, 6) is 1.31. The molecule has 26 heavy (non-hydrogen) atoms. The Kier molecular flexibility index (Phi) is 5.89. The van der Waals surface area contributed by atoms with Gasteiger partial charge in [0.1, 0.15) is 0 Å². The lowest BCUT2D eigenvalue weighted by molar-refractivity contribution is 0.102. The van der Waals surface area contributed by atoms with Gasteiger partial charge in [-0.1, -0.05) is 67.6 Å². The van der Waals surface area contributed by atoms with Crippen molar-refractivity contribution in [1.29, 1.82) is 0 Å². The first-order valence-electron chi connectivity index (χ1n) is 8.73. The van der Waals surface area contributed by atoms with E-state index in [9.17, 15) is 4.79 Å². The van der Waals surface area contributed by atoms with E-state index in [0.717, 1.165) is 12.0 Å². The van der Waals surface area contributed by atoms with Crippen LogP contribution in [0.5, 0.6) is 0 Å². The Balaban J connectivity index is 1.60. The smallest absolute Gasteiger partial charge is 0.277 e. The van der Waals surface area contributed by atoms with Gasteiger partial charge in [0.2, 0.25) is 5.89 Å². The molecule has 5 heteroatoms. The van der Waals surface area contributed by atoms with Crippen molar-refractivity contribution in [2.45, 2.75) is 38.3 Å². The van der Waals surface area contributed by atoms with Crippen molar-refractivity contribution < 1.29 is 9.21 Å². The molecular weight excluding hydrogens is 344 g/mol. The molecule has 0 bridgehead atoms. The van der Waals surface area contributed by atoms with E-state index in [-0.39, 0.29) is 11.5 Å². The monoisotopic (exact) mass is 366 g/mol. The summed E-state index contributed by atoms with van der Waals surface area (Å²) in [6.07, 6.45) is 1.09. The number of Topliss-reactive ketones (excluding diaryl/α,β-unsaturated/α-hetero) is 1. The Labute approximate surface area is 158 Å². The lowest BCUT2D eigenvalue weighted by atomic mass is 9.97. The molecule has 2 aromatic carbocycles. The van der Waals surface area contributed by atoms with Crippen molar-refractivity contribution >= 4 is 17.5 Å². The first-order chi connectivity index (χ1) is 12.6. The molecule has 1 aromatic heterocycles. The number of aromatic nitrogens is 2. The predicted molar refractivity (Wildman–Crippen MR) is 105 cm³/mol. The van der Waals surface area contributed by atoms with E-state index in [1.165, 1.54) is 22.9 Å². The molecule has 0 aliphatic carbocycles. The standard InChI is InChI=1S/C21H22N2O2S/c1-4-15(3)16-9-11-17(12-10-16)19(24)13-26-21-23-22-20(25-21)18-7-5-14(2)6-8-18/h5-12,15H,4,13H2,1-3H3/t15-/m0/s1. The summed E-state index contributed by atoms with van der Waals surface area (Å²) in [5, 5.41) is 8.49. The maximum Gasteiger partial charge on any atom is 0.277 e. The summed E-state index contributed by atoms with van der Waals surface area (Å²) in [6.45, 7) is 6.38. The average Bonchev–Trinajstić information content (AvgIpc) is 3.15. The Morgan fingerprint density at radius 3 is 2.42 bits per heavy atom. The van der Waals surface area contributed by atoms with Crippen LogP contribution in [0.25, 0.3) is 11.5 Å². The first-order valence-corrected chi connectivity index (χ1v) is 9.72. The minimum absolute atomic E-state index is 0.0563. The van der Waals surface area contributed by atoms with Gasteiger partial charge < -0.3 is 4.42 Å². The molecule has 4 nitrogen and oxygen atoms in total. The topological polar surface area (TPSA) is 56.0 Å². The zero-order valence-corrected chi connectivity index (χ0v) is 16.0. The highest BCUT2D eigenvalue weighted by Crippen LogP contribution is 2.24. The van der Waals surface area contributed by atoms with E-state index < -0.39 is 0 Å². The first kappa shape index (κ1) is 18.4. The van der Waals surface area contributed by atoms with Crippen LogP contribution in [0.1, 0.15) is 47.7 Å². The van der Waals surface area contributed by atoms with E-state index >= 15 is 0 Å². The fraction of sp³-hybridized carbons (Fsp3) is 0.286. The molecule has 1 heterocycles. The number of carbonyl (C=O) groups excluding carboxylic acids is 1. The summed E-state index contributed by atoms with van der Waals surface area (Å²) in [4.78, 5) is 12.4. The predicted octanol–water partition coefficient (Wildman–Crippen LogP) is 5.53. The number of thioether (sulfide) groups is 1. The quantitative estimate of drug-likeness (QED) is 0.406. The summed E-state index contributed by atoms with van der Waals surface area (Å²) in [6, 6.07) is 15.8. The second-order valence-electron chi connectivity index (χ2n) is 6.38. The Morgan fingerprint density at radius 1 is 1.08 bits per heavy atom. The molecule has 1 atom stereocenters. The third-order valence-corrected chi connectivity index (χ3v) is 5.26. The fourth-order valence-corrected chi connectivity index (χ4v) is 3.18. The Morgan fingerprint density at radius 2 is 1.77 bits per heavy atom. The van der Waals surface area contributed by atoms with Crippen LogP contribution in [0, 0.1) is 6.92 Å². The summed E-state index contributed by atoms with van der Waals surface area (Å²) < 4.78 is 5.65. The van der Waals surface area contributed by atoms with Crippen LogP contribution in [0.3, 0.4) is 0 Å². The van der Waals surface area contributed by atoms with E-state index in [0.29, 0.717) is 22.6 Å². The van der Waals surface area contributed by atoms with Crippen molar-refractivity contribution in [3.8, 4) is 11.5 Å². The van der Waals surface area contributed by atoms with E-state index in [1.807, 2.05) is 55.5 Å². The van der Waals surface area contributed by atoms with Crippen LogP contribution < -0.4 is 0 Å². The molecular formula is C21H22N2O2S. The van der Waals surface area contributed by atoms with Gasteiger partial charge in [-0.25, -0.2) is 0 Å². The normalized spacial score (nSPS) is 12.1. The van der Waals surface area contributed by atoms with Crippen molar-refractivity contribution in [3.63, 3.8) is 0 Å². The molecule has 0 aliphatic heterocycles. The van der Waals surface area contributed by atoms with Gasteiger partial charge in [-0.15, -0.1) is 10.2 Å². The maximum atomic E-state index is 12.4. The van der Waals surface area contributed by atoms with Gasteiger partial charge in [0, 0.05) is 11.1 Å². The lowest BCUT2D eigenvalue weighted by Gasteiger charge is -2.09. The minimum Gasteiger partial charge on any atom is -0.411 e. The highest BCUT2D eigenvalue weighted by atomic mass is 32.2. The zero-order chi connectivity index (χ0) is 18.5. The second-order valence-corrected chi connectivity index (χ2v) is 7.31. The molecule has 0 saturated heterocycles. The third-order valence-electron chi connectivity index (χ3n) is 4.45. The van der Waals surface area contributed by atoms with Crippen LogP contribution in [-0.4, -0.2) is 21.7 Å². The zero-order valence-electron chi connectivity index (χ0n) is 15.2. The van der Waals surface area contributed by atoms with E-state index in [4.69, 9.17) is 4.42 Å². The molecule has 0 fully saturated rings. The Bertz CT molecular complexity index is 870. The van der Waals surface area contributed by atoms with Gasteiger partial charge in [0.15, 0.2) is 5.78 Å². The molecule has 0 N–H and O–H groups in total. The molecule has 0 saturated carbocycles. The number of hydrogen-bond donors (Lipinski definition) is 0. The van der Waals surface area contributed by atoms with Crippen molar-refractivity contribution in [2.24, 2.45) is 0 Å². The Hall–Kier alpha value is -2.40. The van der Waals surface area contributed by atoms with Crippen LogP contribution in [0.2, 0.25) is 0 Å². The van der Waals surface area contributed by atoms with Gasteiger partial charge in [0.25, 0.3) is 5.22 Å². The van der Waals surface area contributed by atoms with Crippen LogP contribution >= 0.6 is 11.8 Å². The number of nitrogens with zero attached hydrogens (tertiary/aromatic N) is 2. The van der Waals surface area contributed by atoms with E-state index in [1.54, 1.807) is 0 Å². The van der Waals surface area contributed by atoms with Gasteiger partial charge in [0.05, 0.1) is 5.75 Å².